The number of nitrogens with zero attached hydrogens (tertiary/aromatic N) is 2. The van der Waals surface area contributed by atoms with Crippen LogP contribution in [0.25, 0.3) is 0 Å². The number of likely N-dealkylation sites (tertiary alicyclic amines) is 1. The summed E-state index contributed by atoms with van der Waals surface area (Å²) in [4.78, 5) is 32.1. The molecule has 4 atom stereocenters. The number of hydrogen-bond acceptors (Lipinski definition) is 4. The molecule has 3 fully saturated rings. The lowest BCUT2D eigenvalue weighted by Gasteiger charge is -2.27. The highest BCUT2D eigenvalue weighted by Gasteiger charge is 2.67. The SMILES string of the molecule is O=C(NCc1cccnc1)[C@H]1[C@H]2C(=O)N(C3CCCC3)C[C@@]23C=C[C@H]1O3. The second-order valence-corrected chi connectivity index (χ2v) is 7.88. The van der Waals surface area contributed by atoms with Crippen molar-refractivity contribution >= 4 is 11.8 Å². The van der Waals surface area contributed by atoms with E-state index >= 15 is 0 Å². The van der Waals surface area contributed by atoms with Crippen molar-refractivity contribution in [3.63, 3.8) is 0 Å². The second kappa shape index (κ2) is 5.91. The third-order valence-corrected chi connectivity index (χ3v) is 6.39. The van der Waals surface area contributed by atoms with E-state index in [4.69, 9.17) is 4.74 Å². The van der Waals surface area contributed by atoms with E-state index in [1.807, 2.05) is 29.2 Å². The molecular formula is C20H23N3O3. The van der Waals surface area contributed by atoms with Crippen LogP contribution in [0.5, 0.6) is 0 Å². The molecule has 1 aromatic rings. The zero-order valence-corrected chi connectivity index (χ0v) is 14.6. The van der Waals surface area contributed by atoms with E-state index in [1.165, 1.54) is 12.8 Å². The highest BCUT2D eigenvalue weighted by Crippen LogP contribution is 2.52. The number of ether oxygens (including phenoxy) is 1. The summed E-state index contributed by atoms with van der Waals surface area (Å²) < 4.78 is 6.18. The molecule has 1 aliphatic carbocycles. The van der Waals surface area contributed by atoms with Gasteiger partial charge in [0.1, 0.15) is 5.60 Å². The molecule has 2 amide bonds. The quantitative estimate of drug-likeness (QED) is 0.831. The third kappa shape index (κ3) is 2.31. The second-order valence-electron chi connectivity index (χ2n) is 7.88. The predicted octanol–water partition coefficient (Wildman–Crippen LogP) is 1.42. The molecule has 136 valence electrons. The molecule has 4 heterocycles. The molecule has 2 saturated heterocycles. The molecule has 1 aromatic heterocycles. The lowest BCUT2D eigenvalue weighted by molar-refractivity contribution is -0.138. The van der Waals surface area contributed by atoms with Crippen LogP contribution in [0.1, 0.15) is 31.2 Å². The lowest BCUT2D eigenvalue weighted by atomic mass is 9.77. The Bertz CT molecular complexity index is 759. The third-order valence-electron chi connectivity index (χ3n) is 6.39. The van der Waals surface area contributed by atoms with Crippen LogP contribution >= 0.6 is 0 Å². The Hall–Kier alpha value is -2.21. The van der Waals surface area contributed by atoms with Crippen LogP contribution < -0.4 is 5.32 Å². The highest BCUT2D eigenvalue weighted by atomic mass is 16.5. The van der Waals surface area contributed by atoms with Gasteiger partial charge in [-0.2, -0.15) is 0 Å². The first-order valence-electron chi connectivity index (χ1n) is 9.52. The molecule has 4 aliphatic rings. The van der Waals surface area contributed by atoms with Gasteiger partial charge in [0.25, 0.3) is 0 Å². The zero-order chi connectivity index (χ0) is 17.7. The van der Waals surface area contributed by atoms with E-state index in [9.17, 15) is 9.59 Å². The molecule has 1 spiro atoms. The van der Waals surface area contributed by atoms with Crippen molar-refractivity contribution in [3.8, 4) is 0 Å². The van der Waals surface area contributed by atoms with Crippen LogP contribution in [0, 0.1) is 11.8 Å². The van der Waals surface area contributed by atoms with Crippen LogP contribution in [-0.2, 0) is 20.9 Å². The fraction of sp³-hybridized carbons (Fsp3) is 0.550. The molecule has 0 unspecified atom stereocenters. The largest absolute Gasteiger partial charge is 0.360 e. The van der Waals surface area contributed by atoms with E-state index in [2.05, 4.69) is 10.3 Å². The van der Waals surface area contributed by atoms with Gasteiger partial charge in [-0.1, -0.05) is 31.1 Å². The van der Waals surface area contributed by atoms with Gasteiger partial charge in [0.2, 0.25) is 11.8 Å². The number of fused-ring (bicyclic) bond motifs is 1. The molecule has 3 aliphatic heterocycles. The predicted molar refractivity (Wildman–Crippen MR) is 93.8 cm³/mol. The van der Waals surface area contributed by atoms with Crippen molar-refractivity contribution < 1.29 is 14.3 Å². The van der Waals surface area contributed by atoms with Gasteiger partial charge in [-0.25, -0.2) is 0 Å². The van der Waals surface area contributed by atoms with Crippen molar-refractivity contribution in [2.75, 3.05) is 6.54 Å². The molecule has 2 bridgehead atoms. The van der Waals surface area contributed by atoms with Crippen molar-refractivity contribution in [2.24, 2.45) is 11.8 Å². The summed E-state index contributed by atoms with van der Waals surface area (Å²) in [5.41, 5.74) is 0.348. The minimum absolute atomic E-state index is 0.100. The van der Waals surface area contributed by atoms with E-state index in [-0.39, 0.29) is 23.8 Å². The molecule has 5 rings (SSSR count). The fourth-order valence-corrected chi connectivity index (χ4v) is 5.16. The molecule has 6 nitrogen and oxygen atoms in total. The first-order chi connectivity index (χ1) is 12.7. The van der Waals surface area contributed by atoms with Gasteiger partial charge in [0.15, 0.2) is 0 Å². The summed E-state index contributed by atoms with van der Waals surface area (Å²) in [5, 5.41) is 2.98. The average Bonchev–Trinajstić information content (AvgIpc) is 3.42. The minimum Gasteiger partial charge on any atom is -0.360 e. The maximum Gasteiger partial charge on any atom is 0.230 e. The molecule has 0 radical (unpaired) electrons. The average molecular weight is 353 g/mol. The molecule has 6 heteroatoms. The summed E-state index contributed by atoms with van der Waals surface area (Å²) in [6, 6.07) is 4.09. The van der Waals surface area contributed by atoms with Crippen LogP contribution in [0.3, 0.4) is 0 Å². The minimum atomic E-state index is -0.597. The number of nitrogens with one attached hydrogen (secondary N) is 1. The topological polar surface area (TPSA) is 71.5 Å². The number of hydrogen-bond donors (Lipinski definition) is 1. The Balaban J connectivity index is 1.34. The summed E-state index contributed by atoms with van der Waals surface area (Å²) in [7, 11) is 0. The Labute approximate surface area is 152 Å². The Morgan fingerprint density at radius 3 is 3.00 bits per heavy atom. The number of aromatic nitrogens is 1. The monoisotopic (exact) mass is 353 g/mol. The van der Waals surface area contributed by atoms with Gasteiger partial charge in [0.05, 0.1) is 24.5 Å². The van der Waals surface area contributed by atoms with Gasteiger partial charge in [-0.05, 0) is 24.5 Å². The Kier molecular flexibility index (Phi) is 3.64. The number of pyridine rings is 1. The summed E-state index contributed by atoms with van der Waals surface area (Å²) in [6.45, 7) is 1.01. The molecule has 26 heavy (non-hydrogen) atoms. The summed E-state index contributed by atoms with van der Waals surface area (Å²) in [6.07, 6.45) is 11.7. The number of carbonyl (C=O) groups excluding carboxylic acids is 2. The maximum atomic E-state index is 13.2. The van der Waals surface area contributed by atoms with Crippen LogP contribution in [0.2, 0.25) is 0 Å². The molecule has 1 N–H and O–H groups in total. The number of amides is 2. The smallest absolute Gasteiger partial charge is 0.230 e. The fourth-order valence-electron chi connectivity index (χ4n) is 5.16. The summed E-state index contributed by atoms with van der Waals surface area (Å²) in [5.74, 6) is -0.815. The van der Waals surface area contributed by atoms with Gasteiger partial charge < -0.3 is 15.0 Å². The van der Waals surface area contributed by atoms with Crippen molar-refractivity contribution in [1.29, 1.82) is 0 Å². The highest BCUT2D eigenvalue weighted by molar-refractivity contribution is 5.93. The first kappa shape index (κ1) is 16.0. The van der Waals surface area contributed by atoms with Gasteiger partial charge >= 0.3 is 0 Å². The molecule has 1 saturated carbocycles. The van der Waals surface area contributed by atoms with E-state index in [0.717, 1.165) is 18.4 Å². The number of rotatable bonds is 4. The normalized spacial score (nSPS) is 35.3. The lowest BCUT2D eigenvalue weighted by Crippen LogP contribution is -2.44. The summed E-state index contributed by atoms with van der Waals surface area (Å²) >= 11 is 0. The van der Waals surface area contributed by atoms with Crippen molar-refractivity contribution in [3.05, 3.63) is 42.2 Å². The van der Waals surface area contributed by atoms with Crippen LogP contribution in [-0.4, -0.2) is 46.0 Å². The van der Waals surface area contributed by atoms with Crippen LogP contribution in [0.15, 0.2) is 36.7 Å². The molecule has 0 aromatic carbocycles. The Morgan fingerprint density at radius 2 is 2.23 bits per heavy atom. The molecular weight excluding hydrogens is 330 g/mol. The maximum absolute atomic E-state index is 13.2. The van der Waals surface area contributed by atoms with Gasteiger partial charge in [0, 0.05) is 25.0 Å². The van der Waals surface area contributed by atoms with E-state index in [1.54, 1.807) is 12.4 Å². The standard InChI is InChI=1S/C20H23N3O3/c24-18(22-11-13-4-3-9-21-10-13)16-15-7-8-20(26-15)12-23(19(25)17(16)20)14-5-1-2-6-14/h3-4,7-10,14-17H,1-2,5-6,11-12H2,(H,22,24)/t15-,16-,17+,20+/m1/s1. The van der Waals surface area contributed by atoms with Gasteiger partial charge in [-0.15, -0.1) is 0 Å². The van der Waals surface area contributed by atoms with E-state index in [0.29, 0.717) is 19.1 Å². The number of carbonyl (C=O) groups is 2. The van der Waals surface area contributed by atoms with E-state index < -0.39 is 11.5 Å². The Morgan fingerprint density at radius 1 is 1.38 bits per heavy atom. The first-order valence-corrected chi connectivity index (χ1v) is 9.52. The van der Waals surface area contributed by atoms with Crippen molar-refractivity contribution in [2.45, 2.75) is 50.0 Å². The van der Waals surface area contributed by atoms with Gasteiger partial charge in [-0.3, -0.25) is 14.6 Å². The van der Waals surface area contributed by atoms with Crippen LogP contribution in [0.4, 0.5) is 0 Å². The van der Waals surface area contributed by atoms with Crippen molar-refractivity contribution in [1.82, 2.24) is 15.2 Å². The zero-order valence-electron chi connectivity index (χ0n) is 14.6.